The lowest BCUT2D eigenvalue weighted by Gasteiger charge is -2.35. The van der Waals surface area contributed by atoms with Gasteiger partial charge in [-0.3, -0.25) is 0 Å². The van der Waals surface area contributed by atoms with Gasteiger partial charge in [0.15, 0.2) is 6.04 Å². The number of benzene rings is 1. The van der Waals surface area contributed by atoms with Crippen molar-refractivity contribution >= 4 is 0 Å². The molecule has 0 saturated carbocycles. The van der Waals surface area contributed by atoms with E-state index in [4.69, 9.17) is 9.47 Å². The molecule has 1 N–H and O–H groups in total. The lowest BCUT2D eigenvalue weighted by Crippen LogP contribution is -3.13. The van der Waals surface area contributed by atoms with Crippen LogP contribution < -0.4 is 14.4 Å². The fourth-order valence-corrected chi connectivity index (χ4v) is 3.98. The summed E-state index contributed by atoms with van der Waals surface area (Å²) in [5.74, 6) is 3.32. The molecule has 154 valence electrons. The second kappa shape index (κ2) is 8.47. The number of hydrogen-bond donors (Lipinski definition) is 1. The molecule has 1 aliphatic rings. The van der Waals surface area contributed by atoms with E-state index < -0.39 is 0 Å². The van der Waals surface area contributed by atoms with Gasteiger partial charge in [-0.25, -0.2) is 4.68 Å². The topological polar surface area (TPSA) is 66.5 Å². The average Bonchev–Trinajstić information content (AvgIpc) is 3.20. The van der Waals surface area contributed by atoms with Gasteiger partial charge < -0.3 is 14.4 Å². The predicted molar refractivity (Wildman–Crippen MR) is 108 cm³/mol. The number of aromatic nitrogens is 4. The Morgan fingerprint density at radius 1 is 1.21 bits per heavy atom. The number of nitrogens with zero attached hydrogens (tertiary/aromatic N) is 4. The summed E-state index contributed by atoms with van der Waals surface area (Å²) in [5, 5.41) is 13.0. The van der Waals surface area contributed by atoms with E-state index in [2.05, 4.69) is 49.3 Å². The first-order chi connectivity index (χ1) is 13.4. The predicted octanol–water partition coefficient (Wildman–Crippen LogP) is 2.24. The van der Waals surface area contributed by atoms with Gasteiger partial charge in [0.2, 0.25) is 5.82 Å². The molecule has 7 nitrogen and oxygen atoms in total. The van der Waals surface area contributed by atoms with Gasteiger partial charge in [0.1, 0.15) is 11.5 Å². The lowest BCUT2D eigenvalue weighted by atomic mass is 9.94. The molecular formula is C21H34N5O2+. The van der Waals surface area contributed by atoms with E-state index in [-0.39, 0.29) is 11.6 Å². The summed E-state index contributed by atoms with van der Waals surface area (Å²) in [6.07, 6.45) is 3.35. The number of rotatable bonds is 7. The number of likely N-dealkylation sites (tertiary alicyclic amines) is 1. The molecule has 1 atom stereocenters. The minimum absolute atomic E-state index is 0.00150. The van der Waals surface area contributed by atoms with Crippen molar-refractivity contribution in [2.45, 2.75) is 58.5 Å². The van der Waals surface area contributed by atoms with Gasteiger partial charge in [-0.1, -0.05) is 13.8 Å². The van der Waals surface area contributed by atoms with Crippen LogP contribution in [0.25, 0.3) is 0 Å². The minimum atomic E-state index is -0.161. The molecule has 7 heteroatoms. The second-order valence-electron chi connectivity index (χ2n) is 8.50. The molecule has 2 heterocycles. The summed E-state index contributed by atoms with van der Waals surface area (Å²) >= 11 is 0. The van der Waals surface area contributed by atoms with E-state index in [1.54, 1.807) is 14.2 Å². The minimum Gasteiger partial charge on any atom is -0.497 e. The van der Waals surface area contributed by atoms with Crippen LogP contribution in [0.5, 0.6) is 11.5 Å². The van der Waals surface area contributed by atoms with Crippen LogP contribution in [0.1, 0.15) is 64.4 Å². The summed E-state index contributed by atoms with van der Waals surface area (Å²) in [5.41, 5.74) is 0.917. The number of nitrogens with one attached hydrogen (secondary N) is 1. The molecule has 1 aromatic carbocycles. The Hall–Kier alpha value is -2.15. The summed E-state index contributed by atoms with van der Waals surface area (Å²) in [6.45, 7) is 11.0. The zero-order valence-corrected chi connectivity index (χ0v) is 18.0. The summed E-state index contributed by atoms with van der Waals surface area (Å²) < 4.78 is 13.3. The number of methoxy groups -OCH3 is 2. The molecule has 2 aromatic rings. The normalized spacial score (nSPS) is 21.4. The van der Waals surface area contributed by atoms with Crippen LogP contribution in [0.15, 0.2) is 18.2 Å². The Morgan fingerprint density at radius 2 is 1.93 bits per heavy atom. The number of piperidine rings is 1. The Kier molecular flexibility index (Phi) is 6.23. The molecule has 1 saturated heterocycles. The van der Waals surface area contributed by atoms with Crippen LogP contribution >= 0.6 is 0 Å². The maximum Gasteiger partial charge on any atom is 0.214 e. The molecule has 1 fully saturated rings. The van der Waals surface area contributed by atoms with Gasteiger partial charge in [-0.15, -0.1) is 5.10 Å². The fourth-order valence-electron chi connectivity index (χ4n) is 3.98. The molecule has 0 aliphatic carbocycles. The summed E-state index contributed by atoms with van der Waals surface area (Å²) in [4.78, 5) is 1.48. The van der Waals surface area contributed by atoms with Crippen molar-refractivity contribution < 1.29 is 14.4 Å². The van der Waals surface area contributed by atoms with Crippen molar-refractivity contribution in [1.82, 2.24) is 20.2 Å². The fraction of sp³-hybridized carbons (Fsp3) is 0.667. The Morgan fingerprint density at radius 3 is 2.54 bits per heavy atom. The van der Waals surface area contributed by atoms with Crippen molar-refractivity contribution in [2.75, 3.05) is 27.3 Å². The van der Waals surface area contributed by atoms with E-state index in [9.17, 15) is 0 Å². The van der Waals surface area contributed by atoms with Gasteiger partial charge in [-0.05, 0) is 67.7 Å². The first-order valence-electron chi connectivity index (χ1n) is 10.3. The number of tetrazole rings is 1. The summed E-state index contributed by atoms with van der Waals surface area (Å²) in [6, 6.07) is 5.99. The Labute approximate surface area is 168 Å². The highest BCUT2D eigenvalue weighted by Crippen LogP contribution is 2.33. The summed E-state index contributed by atoms with van der Waals surface area (Å²) in [7, 11) is 3.41. The number of ether oxygens (including phenoxy) is 2. The Bertz CT molecular complexity index is 781. The third-order valence-corrected chi connectivity index (χ3v) is 6.26. The van der Waals surface area contributed by atoms with Gasteiger partial charge in [0.05, 0.1) is 38.4 Å². The Balaban J connectivity index is 2.14. The first kappa shape index (κ1) is 20.6. The molecule has 0 spiro atoms. The van der Waals surface area contributed by atoms with Crippen molar-refractivity contribution in [2.24, 2.45) is 5.92 Å². The van der Waals surface area contributed by atoms with Gasteiger partial charge in [-0.2, -0.15) is 0 Å². The third kappa shape index (κ3) is 3.99. The maximum atomic E-state index is 5.74. The van der Waals surface area contributed by atoms with Gasteiger partial charge in [0.25, 0.3) is 0 Å². The SMILES string of the molecule is CCC(C)(C)n1nnnc1[C@@H](c1cc(OC)ccc1OC)[NH+]1CCC(C)CC1. The van der Waals surface area contributed by atoms with Crippen molar-refractivity contribution in [3.63, 3.8) is 0 Å². The van der Waals surface area contributed by atoms with Gasteiger partial charge in [0, 0.05) is 0 Å². The van der Waals surface area contributed by atoms with Crippen molar-refractivity contribution in [3.8, 4) is 11.5 Å². The zero-order valence-electron chi connectivity index (χ0n) is 18.0. The lowest BCUT2D eigenvalue weighted by molar-refractivity contribution is -0.932. The quantitative estimate of drug-likeness (QED) is 0.788. The van der Waals surface area contributed by atoms with Crippen LogP contribution in [0.4, 0.5) is 0 Å². The second-order valence-corrected chi connectivity index (χ2v) is 8.50. The van der Waals surface area contributed by atoms with Crippen LogP contribution in [0.3, 0.4) is 0 Å². The van der Waals surface area contributed by atoms with Crippen LogP contribution in [0, 0.1) is 5.92 Å². The van der Waals surface area contributed by atoms with Crippen LogP contribution in [-0.2, 0) is 5.54 Å². The van der Waals surface area contributed by atoms with Crippen LogP contribution in [-0.4, -0.2) is 47.5 Å². The van der Waals surface area contributed by atoms with Crippen molar-refractivity contribution in [3.05, 3.63) is 29.6 Å². The number of quaternary nitrogens is 1. The molecular weight excluding hydrogens is 354 g/mol. The molecule has 0 bridgehead atoms. The largest absolute Gasteiger partial charge is 0.497 e. The molecule has 0 amide bonds. The van der Waals surface area contributed by atoms with E-state index in [0.29, 0.717) is 0 Å². The standard InChI is InChI=1S/C21H33N5O2/c1-7-21(3,4)26-20(22-23-24-26)19(25-12-10-15(2)11-13-25)17-14-16(27-5)8-9-18(17)28-6/h8-9,14-15,19H,7,10-13H2,1-6H3/p+1/t19-/m1/s1. The maximum absolute atomic E-state index is 5.74. The van der Waals surface area contributed by atoms with Crippen molar-refractivity contribution in [1.29, 1.82) is 0 Å². The molecule has 3 rings (SSSR count). The highest BCUT2D eigenvalue weighted by molar-refractivity contribution is 5.43. The molecule has 1 aromatic heterocycles. The smallest absolute Gasteiger partial charge is 0.214 e. The van der Waals surface area contributed by atoms with Crippen LogP contribution in [0.2, 0.25) is 0 Å². The van der Waals surface area contributed by atoms with Gasteiger partial charge >= 0.3 is 0 Å². The first-order valence-corrected chi connectivity index (χ1v) is 10.3. The molecule has 1 aliphatic heterocycles. The average molecular weight is 389 g/mol. The number of hydrogen-bond acceptors (Lipinski definition) is 5. The monoisotopic (exact) mass is 388 g/mol. The highest BCUT2D eigenvalue weighted by atomic mass is 16.5. The van der Waals surface area contributed by atoms with E-state index >= 15 is 0 Å². The third-order valence-electron chi connectivity index (χ3n) is 6.26. The highest BCUT2D eigenvalue weighted by Gasteiger charge is 2.38. The zero-order chi connectivity index (χ0) is 20.3. The molecule has 0 unspecified atom stereocenters. The van der Waals surface area contributed by atoms with E-state index in [1.165, 1.54) is 17.7 Å². The van der Waals surface area contributed by atoms with E-state index in [1.807, 2.05) is 16.8 Å². The molecule has 0 radical (unpaired) electrons. The molecule has 28 heavy (non-hydrogen) atoms. The van der Waals surface area contributed by atoms with E-state index in [0.717, 1.165) is 48.3 Å².